The van der Waals surface area contributed by atoms with Gasteiger partial charge in [0.05, 0.1) is 31.6 Å². The van der Waals surface area contributed by atoms with Crippen molar-refractivity contribution in [2.24, 2.45) is 7.05 Å². The fourth-order valence-electron chi connectivity index (χ4n) is 4.32. The number of carbonyl (C=O) groups is 2. The van der Waals surface area contributed by atoms with Crippen molar-refractivity contribution in [1.82, 2.24) is 40.8 Å². The van der Waals surface area contributed by atoms with Crippen LogP contribution in [0.1, 0.15) is 43.7 Å². The molecular formula is C25H24FN9O4S. The van der Waals surface area contributed by atoms with Gasteiger partial charge in [0.2, 0.25) is 15.8 Å². The summed E-state index contributed by atoms with van der Waals surface area (Å²) in [4.78, 5) is 35.0. The molecule has 1 atom stereocenters. The van der Waals surface area contributed by atoms with Crippen molar-refractivity contribution in [2.75, 3.05) is 17.1 Å². The van der Waals surface area contributed by atoms with Gasteiger partial charge in [0.15, 0.2) is 0 Å². The Labute approximate surface area is 228 Å². The molecule has 0 bridgehead atoms. The number of benzene rings is 2. The molecule has 4 aromatic rings. The highest BCUT2D eigenvalue weighted by molar-refractivity contribution is 7.92. The molecule has 40 heavy (non-hydrogen) atoms. The van der Waals surface area contributed by atoms with Crippen molar-refractivity contribution < 1.29 is 22.4 Å². The Bertz CT molecular complexity index is 1740. The van der Waals surface area contributed by atoms with Gasteiger partial charge in [-0.15, -0.1) is 10.2 Å². The standard InChI is InChI=1S/C25H24FN9O4S/c1-14-8-15(4-7-18(14)26)11-27-24(36)19-10-20(29-13-28-19)25(37)30-21-12-35(40(3,38)39)22-9-16(5-6-17(21)22)23-31-33-34(2)32-23/h4-10,13,21H,11-12H2,1-3H3,(H,27,36)(H,30,37). The van der Waals surface area contributed by atoms with E-state index in [1.54, 1.807) is 44.3 Å². The van der Waals surface area contributed by atoms with Crippen LogP contribution >= 0.6 is 0 Å². The first kappa shape index (κ1) is 26.8. The van der Waals surface area contributed by atoms with E-state index in [0.29, 0.717) is 33.8 Å². The zero-order valence-electron chi connectivity index (χ0n) is 21.7. The molecule has 2 amide bonds. The number of fused-ring (bicyclic) bond motifs is 1. The zero-order chi connectivity index (χ0) is 28.6. The molecule has 0 saturated heterocycles. The van der Waals surface area contributed by atoms with E-state index in [-0.39, 0.29) is 30.3 Å². The SMILES string of the molecule is Cc1cc(CNC(=O)c2cc(C(=O)NC3CN(S(C)(=O)=O)c4cc(-c5nnn(C)n5)ccc43)ncn2)ccc1F. The lowest BCUT2D eigenvalue weighted by atomic mass is 10.1. The molecule has 0 aliphatic carbocycles. The lowest BCUT2D eigenvalue weighted by molar-refractivity contribution is 0.0934. The van der Waals surface area contributed by atoms with Crippen LogP contribution in [0.5, 0.6) is 0 Å². The van der Waals surface area contributed by atoms with E-state index >= 15 is 0 Å². The third-order valence-electron chi connectivity index (χ3n) is 6.30. The first-order valence-corrected chi connectivity index (χ1v) is 13.9. The predicted molar refractivity (Wildman–Crippen MR) is 141 cm³/mol. The van der Waals surface area contributed by atoms with Gasteiger partial charge >= 0.3 is 0 Å². The van der Waals surface area contributed by atoms with Crippen LogP contribution < -0.4 is 14.9 Å². The van der Waals surface area contributed by atoms with Gasteiger partial charge in [-0.1, -0.05) is 24.3 Å². The van der Waals surface area contributed by atoms with E-state index < -0.39 is 27.9 Å². The lowest BCUT2D eigenvalue weighted by Gasteiger charge is -2.17. The maximum atomic E-state index is 13.5. The van der Waals surface area contributed by atoms with Crippen LogP contribution in [0, 0.1) is 12.7 Å². The van der Waals surface area contributed by atoms with E-state index in [1.807, 2.05) is 0 Å². The number of anilines is 1. The van der Waals surface area contributed by atoms with Gasteiger partial charge in [-0.05, 0) is 35.4 Å². The summed E-state index contributed by atoms with van der Waals surface area (Å²) in [6.07, 6.45) is 2.17. The summed E-state index contributed by atoms with van der Waals surface area (Å²) in [7, 11) is -2.06. The minimum absolute atomic E-state index is 0.0350. The van der Waals surface area contributed by atoms with Gasteiger partial charge in [-0.2, -0.15) is 4.80 Å². The number of halogens is 1. The summed E-state index contributed by atoms with van der Waals surface area (Å²) in [6, 6.07) is 10.1. The second-order valence-electron chi connectivity index (χ2n) is 9.25. The minimum atomic E-state index is -3.67. The molecule has 5 rings (SSSR count). The molecule has 0 fully saturated rings. The van der Waals surface area contributed by atoms with Crippen LogP contribution in [-0.2, 0) is 23.6 Å². The quantitative estimate of drug-likeness (QED) is 0.336. The normalized spacial score (nSPS) is 14.6. The molecule has 3 heterocycles. The Morgan fingerprint density at radius 2 is 1.82 bits per heavy atom. The van der Waals surface area contributed by atoms with Gasteiger partial charge in [-0.25, -0.2) is 22.8 Å². The summed E-state index contributed by atoms with van der Waals surface area (Å²) < 4.78 is 39.8. The fourth-order valence-corrected chi connectivity index (χ4v) is 5.26. The average Bonchev–Trinajstić information content (AvgIpc) is 3.52. The number of nitrogens with one attached hydrogen (secondary N) is 2. The van der Waals surface area contributed by atoms with Crippen molar-refractivity contribution in [3.63, 3.8) is 0 Å². The first-order chi connectivity index (χ1) is 19.0. The molecule has 0 saturated carbocycles. The summed E-state index contributed by atoms with van der Waals surface area (Å²) in [5.41, 5.74) is 2.58. The largest absolute Gasteiger partial charge is 0.347 e. The van der Waals surface area contributed by atoms with Crippen molar-refractivity contribution in [3.05, 3.63) is 82.7 Å². The van der Waals surface area contributed by atoms with Crippen molar-refractivity contribution in [3.8, 4) is 11.4 Å². The van der Waals surface area contributed by atoms with Crippen LogP contribution in [0.2, 0.25) is 0 Å². The number of amides is 2. The molecule has 0 spiro atoms. The molecule has 2 N–H and O–H groups in total. The Hall–Kier alpha value is -4.79. The molecular weight excluding hydrogens is 541 g/mol. The van der Waals surface area contributed by atoms with E-state index in [1.165, 1.54) is 21.2 Å². The molecule has 0 radical (unpaired) electrons. The summed E-state index contributed by atoms with van der Waals surface area (Å²) in [5.74, 6) is -1.17. The second-order valence-corrected chi connectivity index (χ2v) is 11.2. The third-order valence-corrected chi connectivity index (χ3v) is 7.45. The highest BCUT2D eigenvalue weighted by Gasteiger charge is 2.35. The molecule has 2 aromatic heterocycles. The van der Waals surface area contributed by atoms with Crippen LogP contribution in [0.25, 0.3) is 11.4 Å². The highest BCUT2D eigenvalue weighted by Crippen LogP contribution is 2.38. The lowest BCUT2D eigenvalue weighted by Crippen LogP contribution is -2.35. The topological polar surface area (TPSA) is 165 Å². The van der Waals surface area contributed by atoms with Crippen molar-refractivity contribution >= 4 is 27.5 Å². The maximum absolute atomic E-state index is 13.5. The van der Waals surface area contributed by atoms with Crippen LogP contribution in [-0.4, -0.2) is 63.2 Å². The van der Waals surface area contributed by atoms with Crippen LogP contribution in [0.15, 0.2) is 48.8 Å². The molecule has 1 aliphatic rings. The summed E-state index contributed by atoms with van der Waals surface area (Å²) in [6.45, 7) is 1.73. The molecule has 15 heteroatoms. The highest BCUT2D eigenvalue weighted by atomic mass is 32.2. The van der Waals surface area contributed by atoms with Gasteiger partial charge in [0, 0.05) is 23.7 Å². The summed E-state index contributed by atoms with van der Waals surface area (Å²) >= 11 is 0. The first-order valence-electron chi connectivity index (χ1n) is 12.0. The average molecular weight is 566 g/mol. The number of sulfonamides is 1. The third kappa shape index (κ3) is 5.49. The Morgan fingerprint density at radius 3 is 2.50 bits per heavy atom. The van der Waals surface area contributed by atoms with Gasteiger partial charge in [-0.3, -0.25) is 13.9 Å². The number of aromatic nitrogens is 6. The smallest absolute Gasteiger partial charge is 0.270 e. The number of rotatable bonds is 7. The Kier molecular flexibility index (Phi) is 6.97. The number of hydrogen-bond acceptors (Lipinski definition) is 9. The number of aryl methyl sites for hydroxylation is 2. The maximum Gasteiger partial charge on any atom is 0.270 e. The molecule has 1 aliphatic heterocycles. The van der Waals surface area contributed by atoms with E-state index in [0.717, 1.165) is 12.6 Å². The van der Waals surface area contributed by atoms with E-state index in [2.05, 4.69) is 36.0 Å². The van der Waals surface area contributed by atoms with Gasteiger partial charge < -0.3 is 10.6 Å². The van der Waals surface area contributed by atoms with Gasteiger partial charge in [0.25, 0.3) is 11.8 Å². The molecule has 2 aromatic carbocycles. The fraction of sp³-hybridized carbons (Fsp3) is 0.240. The number of tetrazole rings is 1. The van der Waals surface area contributed by atoms with Crippen molar-refractivity contribution in [2.45, 2.75) is 19.5 Å². The number of carbonyl (C=O) groups excluding carboxylic acids is 2. The molecule has 206 valence electrons. The minimum Gasteiger partial charge on any atom is -0.347 e. The van der Waals surface area contributed by atoms with E-state index in [4.69, 9.17) is 0 Å². The van der Waals surface area contributed by atoms with Crippen LogP contribution in [0.4, 0.5) is 10.1 Å². The number of nitrogens with zero attached hydrogens (tertiary/aromatic N) is 7. The van der Waals surface area contributed by atoms with Gasteiger partial charge in [0.1, 0.15) is 23.5 Å². The molecule has 1 unspecified atom stereocenters. The van der Waals surface area contributed by atoms with Crippen LogP contribution in [0.3, 0.4) is 0 Å². The second kappa shape index (κ2) is 10.4. The summed E-state index contributed by atoms with van der Waals surface area (Å²) in [5, 5.41) is 17.4. The number of hydrogen-bond donors (Lipinski definition) is 2. The predicted octanol–water partition coefficient (Wildman–Crippen LogP) is 1.30. The Balaban J connectivity index is 1.33. The monoisotopic (exact) mass is 565 g/mol. The zero-order valence-corrected chi connectivity index (χ0v) is 22.5. The Morgan fingerprint density at radius 1 is 1.07 bits per heavy atom. The molecule has 13 nitrogen and oxygen atoms in total. The van der Waals surface area contributed by atoms with E-state index in [9.17, 15) is 22.4 Å². The van der Waals surface area contributed by atoms with Crippen molar-refractivity contribution in [1.29, 1.82) is 0 Å².